The van der Waals surface area contributed by atoms with Gasteiger partial charge in [0.15, 0.2) is 0 Å². The van der Waals surface area contributed by atoms with Crippen LogP contribution in [-0.4, -0.2) is 77.9 Å². The molecule has 0 radical (unpaired) electrons. The molecule has 162 valence electrons. The van der Waals surface area contributed by atoms with Gasteiger partial charge in [-0.2, -0.15) is 0 Å². The normalized spacial score (nSPS) is 12.0. The number of rotatable bonds is 14. The largest absolute Gasteiger partial charge is 0.481 e. The lowest BCUT2D eigenvalue weighted by Crippen LogP contribution is -2.47. The monoisotopic (exact) mass is 440 g/mol. The Hall–Kier alpha value is -1.66. The van der Waals surface area contributed by atoms with Gasteiger partial charge in [0.2, 0.25) is 12.0 Å². The summed E-state index contributed by atoms with van der Waals surface area (Å²) in [5.74, 6) is -0.280. The summed E-state index contributed by atoms with van der Waals surface area (Å²) in [5.41, 5.74) is -0.932. The summed E-state index contributed by atoms with van der Waals surface area (Å²) in [6.45, 7) is 5.52. The summed E-state index contributed by atoms with van der Waals surface area (Å²) in [4.78, 5) is 44.7. The standard InChI is InChI=1S/C16H29N3O7S2/c1-11(20)17-6-8-27-28-9-7-19-15(25)26-10-16(2,3)13(23)14(24)18-5-4-12(21)22/h13,23H,4-10H2,1-3H3,(H,17,20)(H,18,24)(H,19,25)(H,21,22)/p+1/t13-/m0/s1. The molecule has 0 saturated carbocycles. The molecule has 0 rings (SSSR count). The molecule has 28 heavy (non-hydrogen) atoms. The molecule has 0 bridgehead atoms. The minimum atomic E-state index is -1.20. The number of amides is 3. The summed E-state index contributed by atoms with van der Waals surface area (Å²) < 4.78 is 5.08. The number of alkyl carbamates (subject to hydrolysis) is 1. The van der Waals surface area contributed by atoms with Gasteiger partial charge in [-0.05, 0) is 13.8 Å². The number of carbonyl (C=O) groups is 4. The van der Waals surface area contributed by atoms with E-state index >= 15 is 0 Å². The van der Waals surface area contributed by atoms with Crippen molar-refractivity contribution >= 4 is 45.5 Å². The molecule has 0 heterocycles. The fraction of sp³-hybridized carbons (Fsp3) is 0.750. The number of nitrogens with one attached hydrogen (secondary N) is 3. The number of carbonyl (C=O) groups excluding carboxylic acids is 3. The summed E-state index contributed by atoms with van der Waals surface area (Å²) >= 11 is 0. The van der Waals surface area contributed by atoms with Crippen molar-refractivity contribution in [2.45, 2.75) is 33.3 Å². The Morgan fingerprint density at radius 2 is 1.61 bits per heavy atom. The van der Waals surface area contributed by atoms with Crippen molar-refractivity contribution < 1.29 is 34.1 Å². The molecule has 0 aliphatic rings. The lowest BCUT2D eigenvalue weighted by atomic mass is 9.87. The van der Waals surface area contributed by atoms with E-state index in [4.69, 9.17) is 14.9 Å². The predicted octanol–water partition coefficient (Wildman–Crippen LogP) is -0.0596. The van der Waals surface area contributed by atoms with Crippen molar-refractivity contribution in [2.75, 3.05) is 37.7 Å². The summed E-state index contributed by atoms with van der Waals surface area (Å²) in [6.07, 6.45) is -2.05. The van der Waals surface area contributed by atoms with E-state index in [9.17, 15) is 19.2 Å². The molecule has 12 heteroatoms. The quantitative estimate of drug-likeness (QED) is 0.166. The second-order valence-corrected chi connectivity index (χ2v) is 9.19. The molecular weight excluding hydrogens is 410 g/mol. The van der Waals surface area contributed by atoms with Gasteiger partial charge in [0, 0.05) is 38.1 Å². The maximum absolute atomic E-state index is 11.9. The van der Waals surface area contributed by atoms with E-state index in [0.717, 1.165) is 5.75 Å². The van der Waals surface area contributed by atoms with Crippen LogP contribution in [0.15, 0.2) is 0 Å². The van der Waals surface area contributed by atoms with Crippen LogP contribution >= 0.6 is 21.6 Å². The lowest BCUT2D eigenvalue weighted by Gasteiger charge is -2.25. The van der Waals surface area contributed by atoms with Gasteiger partial charge in [-0.25, -0.2) is 4.79 Å². The maximum atomic E-state index is 11.9. The Kier molecular flexibility index (Phi) is 13.5. The molecule has 0 saturated heterocycles. The van der Waals surface area contributed by atoms with Crippen molar-refractivity contribution in [1.29, 1.82) is 0 Å². The Morgan fingerprint density at radius 1 is 1.04 bits per heavy atom. The first-order valence-electron chi connectivity index (χ1n) is 8.66. The van der Waals surface area contributed by atoms with Crippen LogP contribution in [0, 0.1) is 5.41 Å². The highest BCUT2D eigenvalue weighted by Gasteiger charge is 2.39. The zero-order chi connectivity index (χ0) is 21.6. The minimum absolute atomic E-state index is 0.0541. The molecule has 0 spiro atoms. The predicted molar refractivity (Wildman–Crippen MR) is 109 cm³/mol. The van der Waals surface area contributed by atoms with Crippen LogP contribution in [0.25, 0.3) is 0 Å². The van der Waals surface area contributed by atoms with E-state index in [0.29, 0.717) is 18.8 Å². The van der Waals surface area contributed by atoms with Crippen molar-refractivity contribution in [3.05, 3.63) is 0 Å². The van der Waals surface area contributed by atoms with E-state index in [-0.39, 0.29) is 25.5 Å². The number of ether oxygens (including phenoxy) is 1. The van der Waals surface area contributed by atoms with Gasteiger partial charge >= 0.3 is 12.1 Å². The van der Waals surface area contributed by atoms with Gasteiger partial charge in [0.05, 0.1) is 11.8 Å². The molecule has 6 N–H and O–H groups in total. The molecule has 1 atom stereocenters. The summed E-state index contributed by atoms with van der Waals surface area (Å²) in [5, 5.41) is 24.2. The minimum Gasteiger partial charge on any atom is -0.481 e. The third-order valence-corrected chi connectivity index (χ3v) is 5.76. The molecule has 0 aliphatic carbocycles. The number of hydrogen-bond donors (Lipinski definition) is 4. The molecule has 10 nitrogen and oxygen atoms in total. The van der Waals surface area contributed by atoms with E-state index in [1.54, 1.807) is 35.4 Å². The van der Waals surface area contributed by atoms with Crippen LogP contribution in [0.2, 0.25) is 0 Å². The van der Waals surface area contributed by atoms with Gasteiger partial charge in [-0.3, -0.25) is 14.4 Å². The average Bonchev–Trinajstić information content (AvgIpc) is 2.60. The van der Waals surface area contributed by atoms with Crippen molar-refractivity contribution in [3.8, 4) is 0 Å². The SMILES string of the molecule is CC(=O)NCCSSCCNC(=O)OCC(C)(C)[C@@H]([OH2+])C(=O)NCCC(=O)O. The Morgan fingerprint density at radius 3 is 2.14 bits per heavy atom. The number of carboxylic acid groups (broad SMARTS) is 1. The zero-order valence-electron chi connectivity index (χ0n) is 16.3. The summed E-state index contributed by atoms with van der Waals surface area (Å²) in [6, 6.07) is 0. The second kappa shape index (κ2) is 14.4. The molecular formula is C16H30N3O7S2+. The Labute approximate surface area is 172 Å². The average molecular weight is 441 g/mol. The molecule has 0 aromatic rings. The van der Waals surface area contributed by atoms with Crippen LogP contribution < -0.4 is 16.0 Å². The molecule has 0 unspecified atom stereocenters. The van der Waals surface area contributed by atoms with Crippen LogP contribution in [0.1, 0.15) is 27.2 Å². The zero-order valence-corrected chi connectivity index (χ0v) is 18.0. The summed E-state index contributed by atoms with van der Waals surface area (Å²) in [7, 11) is 3.14. The first kappa shape index (κ1) is 26.3. The smallest absolute Gasteiger partial charge is 0.407 e. The molecule has 0 fully saturated rings. The fourth-order valence-corrected chi connectivity index (χ4v) is 3.53. The van der Waals surface area contributed by atoms with E-state index in [1.807, 2.05) is 0 Å². The van der Waals surface area contributed by atoms with E-state index in [1.165, 1.54) is 6.92 Å². The molecule has 0 aromatic heterocycles. The van der Waals surface area contributed by atoms with E-state index < -0.39 is 29.5 Å². The highest BCUT2D eigenvalue weighted by atomic mass is 33.1. The fourth-order valence-electron chi connectivity index (χ4n) is 1.72. The molecule has 0 aliphatic heterocycles. The molecule has 3 amide bonds. The van der Waals surface area contributed by atoms with Crippen molar-refractivity contribution in [1.82, 2.24) is 16.0 Å². The Bertz CT molecular complexity index is 532. The highest BCUT2D eigenvalue weighted by Crippen LogP contribution is 2.22. The van der Waals surface area contributed by atoms with Gasteiger partial charge in [0.25, 0.3) is 5.91 Å². The topological polar surface area (TPSA) is 157 Å². The van der Waals surface area contributed by atoms with Crippen LogP contribution in [0.4, 0.5) is 4.79 Å². The van der Waals surface area contributed by atoms with Crippen LogP contribution in [0.3, 0.4) is 0 Å². The van der Waals surface area contributed by atoms with Gasteiger partial charge < -0.3 is 30.9 Å². The van der Waals surface area contributed by atoms with Gasteiger partial charge in [-0.15, -0.1) is 0 Å². The van der Waals surface area contributed by atoms with Crippen LogP contribution in [0.5, 0.6) is 0 Å². The lowest BCUT2D eigenvalue weighted by molar-refractivity contribution is -0.138. The van der Waals surface area contributed by atoms with Gasteiger partial charge in [-0.1, -0.05) is 21.6 Å². The van der Waals surface area contributed by atoms with Crippen LogP contribution in [-0.2, 0) is 19.1 Å². The Balaban J connectivity index is 3.94. The number of aliphatic carboxylic acids is 1. The van der Waals surface area contributed by atoms with Crippen molar-refractivity contribution in [2.24, 2.45) is 5.41 Å². The highest BCUT2D eigenvalue weighted by molar-refractivity contribution is 8.76. The third-order valence-electron chi connectivity index (χ3n) is 3.35. The maximum Gasteiger partial charge on any atom is 0.407 e. The molecule has 0 aromatic carbocycles. The second-order valence-electron chi connectivity index (χ2n) is 6.49. The van der Waals surface area contributed by atoms with Gasteiger partial charge in [0.1, 0.15) is 6.61 Å². The first-order chi connectivity index (χ1) is 13.1. The van der Waals surface area contributed by atoms with E-state index in [2.05, 4.69) is 16.0 Å². The van der Waals surface area contributed by atoms with Crippen molar-refractivity contribution in [3.63, 3.8) is 0 Å². The number of carboxylic acids is 1. The first-order valence-corrected chi connectivity index (χ1v) is 11.1. The number of hydrogen-bond acceptors (Lipinski definition) is 7. The third kappa shape index (κ3) is 13.5.